The number of hydrogen-bond acceptors (Lipinski definition) is 0. The summed E-state index contributed by atoms with van der Waals surface area (Å²) in [5.74, 6) is 0. The van der Waals surface area contributed by atoms with E-state index in [9.17, 15) is 0 Å². The molecule has 0 fully saturated rings. The van der Waals surface area contributed by atoms with Gasteiger partial charge in [-0.25, -0.2) is 0 Å². The zero-order chi connectivity index (χ0) is 14.9. The molecule has 0 atom stereocenters. The predicted octanol–water partition coefficient (Wildman–Crippen LogP) is 5.51. The summed E-state index contributed by atoms with van der Waals surface area (Å²) in [6.07, 6.45) is 0. The zero-order valence-electron chi connectivity index (χ0n) is 12.5. The lowest BCUT2D eigenvalue weighted by atomic mass is 9.98. The average molecular weight is 283 g/mol. The van der Waals surface area contributed by atoms with Crippen molar-refractivity contribution in [2.75, 3.05) is 0 Å². The number of hydrogen-bond donors (Lipinski definition) is 0. The van der Waals surface area contributed by atoms with Crippen LogP contribution in [0, 0.1) is 0 Å². The molecule has 0 aliphatic heterocycles. The van der Waals surface area contributed by atoms with Crippen LogP contribution in [0.5, 0.6) is 0 Å². The summed E-state index contributed by atoms with van der Waals surface area (Å²) < 4.78 is 2.30. The maximum atomic E-state index is 2.30. The van der Waals surface area contributed by atoms with Crippen LogP contribution in [0.2, 0.25) is 0 Å². The molecule has 1 nitrogen and oxygen atoms in total. The monoisotopic (exact) mass is 283 g/mol. The van der Waals surface area contributed by atoms with Crippen molar-refractivity contribution in [3.8, 4) is 22.4 Å². The van der Waals surface area contributed by atoms with Gasteiger partial charge in [0, 0.05) is 23.5 Å². The topological polar surface area (TPSA) is 4.93 Å². The Bertz CT molecular complexity index is 918. The lowest BCUT2D eigenvalue weighted by molar-refractivity contribution is 0.979. The molecule has 0 aliphatic rings. The van der Waals surface area contributed by atoms with E-state index in [2.05, 4.69) is 96.5 Å². The SMILES string of the molecule is Cn1c(-c2ccccc2)c(-c2ccccc2)c2ccccc21. The van der Waals surface area contributed by atoms with Crippen molar-refractivity contribution >= 4 is 10.9 Å². The maximum absolute atomic E-state index is 2.30. The van der Waals surface area contributed by atoms with Gasteiger partial charge in [-0.2, -0.15) is 0 Å². The van der Waals surface area contributed by atoms with E-state index in [1.807, 2.05) is 0 Å². The first kappa shape index (κ1) is 12.9. The van der Waals surface area contributed by atoms with Crippen LogP contribution in [-0.2, 0) is 7.05 Å². The molecule has 0 unspecified atom stereocenters. The van der Waals surface area contributed by atoms with Crippen molar-refractivity contribution in [1.82, 2.24) is 4.57 Å². The Kier molecular flexibility index (Phi) is 3.05. The van der Waals surface area contributed by atoms with E-state index in [4.69, 9.17) is 0 Å². The summed E-state index contributed by atoms with van der Waals surface area (Å²) >= 11 is 0. The van der Waals surface area contributed by atoms with Crippen molar-refractivity contribution in [2.24, 2.45) is 7.05 Å². The maximum Gasteiger partial charge on any atom is 0.0568 e. The van der Waals surface area contributed by atoms with Crippen LogP contribution in [0.3, 0.4) is 0 Å². The molecule has 0 saturated carbocycles. The number of aryl methyl sites for hydroxylation is 1. The summed E-state index contributed by atoms with van der Waals surface area (Å²) in [6, 6.07) is 29.9. The van der Waals surface area contributed by atoms with Crippen LogP contribution in [-0.4, -0.2) is 4.57 Å². The Morgan fingerprint density at radius 1 is 0.591 bits per heavy atom. The van der Waals surface area contributed by atoms with Crippen molar-refractivity contribution in [3.63, 3.8) is 0 Å². The molecule has 106 valence electrons. The minimum absolute atomic E-state index is 1.25. The number of fused-ring (bicyclic) bond motifs is 1. The number of rotatable bonds is 2. The lowest BCUT2D eigenvalue weighted by Gasteiger charge is -2.08. The largest absolute Gasteiger partial charge is 0.343 e. The summed E-state index contributed by atoms with van der Waals surface area (Å²) in [7, 11) is 2.15. The molecule has 4 aromatic rings. The van der Waals surface area contributed by atoms with Gasteiger partial charge < -0.3 is 4.57 Å². The van der Waals surface area contributed by atoms with Gasteiger partial charge >= 0.3 is 0 Å². The fourth-order valence-corrected chi connectivity index (χ4v) is 3.22. The van der Waals surface area contributed by atoms with Crippen molar-refractivity contribution < 1.29 is 0 Å². The Labute approximate surface area is 130 Å². The molecule has 1 heteroatoms. The molecule has 3 aromatic carbocycles. The summed E-state index contributed by atoms with van der Waals surface area (Å²) in [4.78, 5) is 0. The normalized spacial score (nSPS) is 11.0. The Morgan fingerprint density at radius 2 is 1.14 bits per heavy atom. The van der Waals surface area contributed by atoms with Crippen LogP contribution in [0.15, 0.2) is 84.9 Å². The Hall–Kier alpha value is -2.80. The molecule has 0 bridgehead atoms. The fraction of sp³-hybridized carbons (Fsp3) is 0.0476. The molecule has 0 radical (unpaired) electrons. The third-order valence-electron chi connectivity index (χ3n) is 4.22. The molecule has 1 heterocycles. The molecule has 0 amide bonds. The molecule has 0 saturated heterocycles. The number of aromatic nitrogens is 1. The molecule has 1 aromatic heterocycles. The van der Waals surface area contributed by atoms with Crippen LogP contribution in [0.4, 0.5) is 0 Å². The van der Waals surface area contributed by atoms with E-state index < -0.39 is 0 Å². The van der Waals surface area contributed by atoms with Gasteiger partial charge in [-0.05, 0) is 17.2 Å². The molecular weight excluding hydrogens is 266 g/mol. The molecule has 0 spiro atoms. The van der Waals surface area contributed by atoms with Crippen molar-refractivity contribution in [1.29, 1.82) is 0 Å². The first-order chi connectivity index (χ1) is 10.9. The van der Waals surface area contributed by atoms with Gasteiger partial charge in [0.25, 0.3) is 0 Å². The first-order valence-electron chi connectivity index (χ1n) is 7.54. The summed E-state index contributed by atoms with van der Waals surface area (Å²) in [6.45, 7) is 0. The first-order valence-corrected chi connectivity index (χ1v) is 7.54. The smallest absolute Gasteiger partial charge is 0.0568 e. The molecule has 0 aliphatic carbocycles. The minimum atomic E-state index is 1.25. The second kappa shape index (κ2) is 5.19. The quantitative estimate of drug-likeness (QED) is 0.457. The third-order valence-corrected chi connectivity index (χ3v) is 4.22. The van der Waals surface area contributed by atoms with Crippen molar-refractivity contribution in [2.45, 2.75) is 0 Å². The van der Waals surface area contributed by atoms with Crippen LogP contribution in [0.1, 0.15) is 0 Å². The van der Waals surface area contributed by atoms with E-state index >= 15 is 0 Å². The summed E-state index contributed by atoms with van der Waals surface area (Å²) in [5, 5.41) is 1.30. The second-order valence-electron chi connectivity index (χ2n) is 5.53. The highest BCUT2D eigenvalue weighted by molar-refractivity contribution is 6.04. The minimum Gasteiger partial charge on any atom is -0.343 e. The van der Waals surface area contributed by atoms with Gasteiger partial charge in [0.1, 0.15) is 0 Å². The Balaban J connectivity index is 2.14. The number of nitrogens with zero attached hydrogens (tertiary/aromatic N) is 1. The van der Waals surface area contributed by atoms with E-state index in [1.54, 1.807) is 0 Å². The fourth-order valence-electron chi connectivity index (χ4n) is 3.22. The lowest BCUT2D eigenvalue weighted by Crippen LogP contribution is -1.92. The van der Waals surface area contributed by atoms with Crippen LogP contribution >= 0.6 is 0 Å². The van der Waals surface area contributed by atoms with Gasteiger partial charge in [-0.1, -0.05) is 78.9 Å². The van der Waals surface area contributed by atoms with Gasteiger partial charge in [-0.3, -0.25) is 0 Å². The highest BCUT2D eigenvalue weighted by Gasteiger charge is 2.17. The second-order valence-corrected chi connectivity index (χ2v) is 5.53. The summed E-state index contributed by atoms with van der Waals surface area (Å²) in [5.41, 5.74) is 6.36. The number of para-hydroxylation sites is 1. The molecular formula is C21H17N. The van der Waals surface area contributed by atoms with E-state index in [0.717, 1.165) is 0 Å². The number of benzene rings is 3. The Morgan fingerprint density at radius 3 is 1.82 bits per heavy atom. The van der Waals surface area contributed by atoms with Crippen molar-refractivity contribution in [3.05, 3.63) is 84.9 Å². The van der Waals surface area contributed by atoms with Gasteiger partial charge in [0.2, 0.25) is 0 Å². The highest BCUT2D eigenvalue weighted by Crippen LogP contribution is 2.39. The van der Waals surface area contributed by atoms with E-state index in [0.29, 0.717) is 0 Å². The van der Waals surface area contributed by atoms with Crippen LogP contribution in [0.25, 0.3) is 33.3 Å². The van der Waals surface area contributed by atoms with E-state index in [-0.39, 0.29) is 0 Å². The van der Waals surface area contributed by atoms with Gasteiger partial charge in [0.05, 0.1) is 5.69 Å². The average Bonchev–Trinajstić information content (AvgIpc) is 2.90. The molecule has 22 heavy (non-hydrogen) atoms. The standard InChI is InChI=1S/C21H17N/c1-22-19-15-9-8-14-18(19)20(16-10-4-2-5-11-16)21(22)17-12-6-3-7-13-17/h2-15H,1H3. The zero-order valence-corrected chi connectivity index (χ0v) is 12.5. The molecule has 0 N–H and O–H groups in total. The van der Waals surface area contributed by atoms with Gasteiger partial charge in [-0.15, -0.1) is 0 Å². The molecule has 4 rings (SSSR count). The van der Waals surface area contributed by atoms with E-state index in [1.165, 1.54) is 33.3 Å². The predicted molar refractivity (Wildman–Crippen MR) is 93.8 cm³/mol. The third kappa shape index (κ3) is 1.94. The van der Waals surface area contributed by atoms with Crippen LogP contribution < -0.4 is 0 Å². The van der Waals surface area contributed by atoms with Gasteiger partial charge in [0.15, 0.2) is 0 Å². The highest BCUT2D eigenvalue weighted by atomic mass is 14.9.